The Morgan fingerprint density at radius 1 is 1.21 bits per heavy atom. The maximum Gasteiger partial charge on any atom is 0.160 e. The van der Waals surface area contributed by atoms with E-state index in [0.717, 1.165) is 28.3 Å². The third kappa shape index (κ3) is 3.35. The van der Waals surface area contributed by atoms with Gasteiger partial charge in [-0.05, 0) is 30.7 Å². The van der Waals surface area contributed by atoms with Crippen LogP contribution in [-0.4, -0.2) is 21.1 Å². The number of aromatic nitrogens is 3. The van der Waals surface area contributed by atoms with Crippen LogP contribution in [0.2, 0.25) is 0 Å². The fourth-order valence-electron chi connectivity index (χ4n) is 2.76. The Morgan fingerprint density at radius 3 is 2.71 bits per heavy atom. The largest absolute Gasteiger partial charge is 0.492 e. The monoisotopic (exact) mass is 324 g/mol. The van der Waals surface area contributed by atoms with Crippen molar-refractivity contribution in [3.05, 3.63) is 47.9 Å². The molecular weight excluding hydrogens is 300 g/mol. The number of nitrogens with two attached hydrogens (primary N) is 1. The minimum Gasteiger partial charge on any atom is -0.492 e. The molecule has 5 nitrogen and oxygen atoms in total. The lowest BCUT2D eigenvalue weighted by Gasteiger charge is -2.20. The summed E-state index contributed by atoms with van der Waals surface area (Å²) in [6.45, 7) is 9.75. The van der Waals surface area contributed by atoms with Gasteiger partial charge in [0.25, 0.3) is 0 Å². The zero-order chi connectivity index (χ0) is 17.3. The summed E-state index contributed by atoms with van der Waals surface area (Å²) >= 11 is 0. The van der Waals surface area contributed by atoms with Crippen LogP contribution in [0.3, 0.4) is 0 Å². The number of anilines is 1. The van der Waals surface area contributed by atoms with Gasteiger partial charge in [-0.3, -0.25) is 0 Å². The van der Waals surface area contributed by atoms with Gasteiger partial charge in [0.15, 0.2) is 5.65 Å². The van der Waals surface area contributed by atoms with Gasteiger partial charge in [0.1, 0.15) is 23.7 Å². The van der Waals surface area contributed by atoms with Gasteiger partial charge in [0.05, 0.1) is 6.54 Å². The lowest BCUT2D eigenvalue weighted by atomic mass is 9.96. The minimum absolute atomic E-state index is 0.0637. The number of hydrogen-bond donors (Lipinski definition) is 1. The summed E-state index contributed by atoms with van der Waals surface area (Å²) in [7, 11) is 0. The quantitative estimate of drug-likeness (QED) is 0.743. The molecule has 0 bridgehead atoms. The van der Waals surface area contributed by atoms with Gasteiger partial charge in [-0.15, -0.1) is 0 Å². The predicted molar refractivity (Wildman–Crippen MR) is 97.3 cm³/mol. The van der Waals surface area contributed by atoms with Crippen LogP contribution in [0.15, 0.2) is 36.5 Å². The van der Waals surface area contributed by atoms with E-state index in [1.165, 1.54) is 0 Å². The van der Waals surface area contributed by atoms with E-state index in [0.29, 0.717) is 18.8 Å². The van der Waals surface area contributed by atoms with Crippen LogP contribution in [0.25, 0.3) is 11.2 Å². The Labute approximate surface area is 142 Å². The number of ether oxygens (including phenoxy) is 1. The number of imidazole rings is 1. The molecule has 3 rings (SSSR count). The molecule has 0 saturated carbocycles. The van der Waals surface area contributed by atoms with Crippen molar-refractivity contribution in [1.82, 2.24) is 14.5 Å². The minimum atomic E-state index is -0.0637. The van der Waals surface area contributed by atoms with Gasteiger partial charge in [0.2, 0.25) is 0 Å². The first-order valence-electron chi connectivity index (χ1n) is 8.16. The molecule has 2 heterocycles. The Bertz CT molecular complexity index is 861. The maximum absolute atomic E-state index is 5.84. The second-order valence-electron chi connectivity index (χ2n) is 7.11. The molecule has 0 radical (unpaired) electrons. The van der Waals surface area contributed by atoms with Crippen molar-refractivity contribution in [1.29, 1.82) is 0 Å². The Kier molecular flexibility index (Phi) is 4.18. The summed E-state index contributed by atoms with van der Waals surface area (Å²) in [5.41, 5.74) is 9.38. The van der Waals surface area contributed by atoms with Crippen molar-refractivity contribution in [2.24, 2.45) is 0 Å². The second kappa shape index (κ2) is 6.15. The molecule has 2 aromatic heterocycles. The fourth-order valence-corrected chi connectivity index (χ4v) is 2.76. The highest BCUT2D eigenvalue weighted by Crippen LogP contribution is 2.26. The topological polar surface area (TPSA) is 66.0 Å². The van der Waals surface area contributed by atoms with Crippen LogP contribution >= 0.6 is 0 Å². The van der Waals surface area contributed by atoms with E-state index in [9.17, 15) is 0 Å². The first-order chi connectivity index (χ1) is 11.3. The van der Waals surface area contributed by atoms with Crippen LogP contribution < -0.4 is 10.5 Å². The van der Waals surface area contributed by atoms with Crippen molar-refractivity contribution in [3.8, 4) is 5.75 Å². The summed E-state index contributed by atoms with van der Waals surface area (Å²) < 4.78 is 8.00. The zero-order valence-electron chi connectivity index (χ0n) is 14.7. The number of aryl methyl sites for hydroxylation is 1. The zero-order valence-corrected chi connectivity index (χ0v) is 14.7. The van der Waals surface area contributed by atoms with Crippen LogP contribution in [0, 0.1) is 6.92 Å². The molecule has 0 amide bonds. The molecule has 2 N–H and O–H groups in total. The van der Waals surface area contributed by atoms with E-state index < -0.39 is 0 Å². The average Bonchev–Trinajstić information content (AvgIpc) is 2.85. The molecule has 3 aromatic rings. The van der Waals surface area contributed by atoms with Crippen molar-refractivity contribution >= 4 is 16.9 Å². The third-order valence-electron chi connectivity index (χ3n) is 3.83. The number of benzene rings is 1. The smallest absolute Gasteiger partial charge is 0.160 e. The Morgan fingerprint density at radius 2 is 2.00 bits per heavy atom. The SMILES string of the molecule is Cc1cnc2c(c1)nc(C(C)(C)C)n2CCOc1cccc(N)c1. The highest BCUT2D eigenvalue weighted by Gasteiger charge is 2.23. The normalized spacial score (nSPS) is 11.8. The van der Waals surface area contributed by atoms with E-state index >= 15 is 0 Å². The van der Waals surface area contributed by atoms with Gasteiger partial charge < -0.3 is 15.0 Å². The molecule has 1 aromatic carbocycles. The standard InChI is InChI=1S/C19H24N4O/c1-13-10-16-17(21-12-13)23(18(22-16)19(2,3)4)8-9-24-15-7-5-6-14(20)11-15/h5-7,10-12H,8-9,20H2,1-4H3. The lowest BCUT2D eigenvalue weighted by Crippen LogP contribution is -2.21. The Hall–Kier alpha value is -2.56. The number of nitrogen functional groups attached to an aromatic ring is 1. The van der Waals surface area contributed by atoms with Gasteiger partial charge in [-0.2, -0.15) is 0 Å². The lowest BCUT2D eigenvalue weighted by molar-refractivity contribution is 0.294. The number of rotatable bonds is 4. The van der Waals surface area contributed by atoms with Crippen molar-refractivity contribution < 1.29 is 4.74 Å². The number of hydrogen-bond acceptors (Lipinski definition) is 4. The van der Waals surface area contributed by atoms with Gasteiger partial charge in [-0.1, -0.05) is 26.8 Å². The summed E-state index contributed by atoms with van der Waals surface area (Å²) in [6, 6.07) is 9.56. The summed E-state index contributed by atoms with van der Waals surface area (Å²) in [5, 5.41) is 0. The first-order valence-corrected chi connectivity index (χ1v) is 8.16. The van der Waals surface area contributed by atoms with E-state index in [-0.39, 0.29) is 5.41 Å². The van der Waals surface area contributed by atoms with Gasteiger partial charge >= 0.3 is 0 Å². The van der Waals surface area contributed by atoms with Gasteiger partial charge in [-0.25, -0.2) is 9.97 Å². The highest BCUT2D eigenvalue weighted by atomic mass is 16.5. The van der Waals surface area contributed by atoms with Crippen LogP contribution in [0.5, 0.6) is 5.75 Å². The third-order valence-corrected chi connectivity index (χ3v) is 3.83. The van der Waals surface area contributed by atoms with E-state index in [1.807, 2.05) is 37.4 Å². The van der Waals surface area contributed by atoms with Crippen LogP contribution in [-0.2, 0) is 12.0 Å². The van der Waals surface area contributed by atoms with Crippen LogP contribution in [0.4, 0.5) is 5.69 Å². The second-order valence-corrected chi connectivity index (χ2v) is 7.11. The molecule has 126 valence electrons. The summed E-state index contributed by atoms with van der Waals surface area (Å²) in [4.78, 5) is 9.39. The molecule has 0 spiro atoms. The number of nitrogens with zero attached hydrogens (tertiary/aromatic N) is 3. The van der Waals surface area contributed by atoms with Gasteiger partial charge in [0, 0.05) is 23.4 Å². The molecule has 24 heavy (non-hydrogen) atoms. The maximum atomic E-state index is 5.84. The number of pyridine rings is 1. The van der Waals surface area contributed by atoms with E-state index in [1.54, 1.807) is 0 Å². The predicted octanol–water partition coefficient (Wildman–Crippen LogP) is 3.70. The van der Waals surface area contributed by atoms with Crippen molar-refractivity contribution in [3.63, 3.8) is 0 Å². The highest BCUT2D eigenvalue weighted by molar-refractivity contribution is 5.72. The molecule has 0 unspecified atom stereocenters. The first kappa shape index (κ1) is 16.3. The molecule has 5 heteroatoms. The van der Waals surface area contributed by atoms with E-state index in [4.69, 9.17) is 15.5 Å². The molecule has 0 saturated heterocycles. The van der Waals surface area contributed by atoms with Crippen molar-refractivity contribution in [2.75, 3.05) is 12.3 Å². The fraction of sp³-hybridized carbons (Fsp3) is 0.368. The van der Waals surface area contributed by atoms with E-state index in [2.05, 4.69) is 36.4 Å². The molecule has 0 atom stereocenters. The molecular formula is C19H24N4O. The number of fused-ring (bicyclic) bond motifs is 1. The molecule has 0 aliphatic rings. The molecule has 0 aliphatic carbocycles. The molecule has 0 fully saturated rings. The average molecular weight is 324 g/mol. The van der Waals surface area contributed by atoms with Crippen molar-refractivity contribution in [2.45, 2.75) is 39.7 Å². The summed E-state index contributed by atoms with van der Waals surface area (Å²) in [6.07, 6.45) is 1.88. The molecule has 0 aliphatic heterocycles. The Balaban J connectivity index is 1.87. The van der Waals surface area contributed by atoms with Crippen LogP contribution in [0.1, 0.15) is 32.2 Å². The summed E-state index contributed by atoms with van der Waals surface area (Å²) in [5.74, 6) is 1.80.